The first-order chi connectivity index (χ1) is 6.25. The van der Waals surface area contributed by atoms with Crippen molar-refractivity contribution in [1.29, 1.82) is 0 Å². The van der Waals surface area contributed by atoms with Gasteiger partial charge in [0.25, 0.3) is 8.87 Å². The summed E-state index contributed by atoms with van der Waals surface area (Å²) >= 11 is 0. The standard InChI is InChI=1S/C7H9NO4S2/c1-6-2-4-7(5-3-6)13(9,10)14(8,11)12/h2-5H,1H3,(H2,8,11,12). The van der Waals surface area contributed by atoms with Crippen LogP contribution in [0.25, 0.3) is 0 Å². The maximum Gasteiger partial charge on any atom is 0.319 e. The van der Waals surface area contributed by atoms with E-state index in [1.807, 2.05) is 0 Å². The van der Waals surface area contributed by atoms with E-state index in [9.17, 15) is 16.8 Å². The van der Waals surface area contributed by atoms with Gasteiger partial charge in [-0.15, -0.1) is 0 Å². The largest absolute Gasteiger partial charge is 0.319 e. The van der Waals surface area contributed by atoms with Crippen molar-refractivity contribution in [3.05, 3.63) is 29.8 Å². The van der Waals surface area contributed by atoms with Crippen LogP contribution in [0, 0.1) is 6.92 Å². The third-order valence-electron chi connectivity index (χ3n) is 1.62. The molecule has 2 N–H and O–H groups in total. The maximum absolute atomic E-state index is 11.3. The summed E-state index contributed by atoms with van der Waals surface area (Å²) in [6.07, 6.45) is 0. The molecule has 7 heteroatoms. The molecule has 0 aliphatic carbocycles. The summed E-state index contributed by atoms with van der Waals surface area (Å²) in [7, 11) is -9.04. The molecule has 0 atom stereocenters. The van der Waals surface area contributed by atoms with Crippen LogP contribution in [0.15, 0.2) is 29.2 Å². The molecule has 0 saturated heterocycles. The summed E-state index contributed by atoms with van der Waals surface area (Å²) in [4.78, 5) is -0.314. The number of hydrogen-bond acceptors (Lipinski definition) is 4. The highest BCUT2D eigenvalue weighted by atomic mass is 33.2. The first-order valence-corrected chi connectivity index (χ1v) is 7.14. The topological polar surface area (TPSA) is 94.3 Å². The van der Waals surface area contributed by atoms with E-state index in [1.54, 1.807) is 6.92 Å². The van der Waals surface area contributed by atoms with Crippen LogP contribution in [0.3, 0.4) is 0 Å². The minimum absolute atomic E-state index is 0.314. The van der Waals surface area contributed by atoms with E-state index < -0.39 is 17.9 Å². The molecule has 0 aromatic heterocycles. The van der Waals surface area contributed by atoms with Crippen LogP contribution in [0.4, 0.5) is 0 Å². The summed E-state index contributed by atoms with van der Waals surface area (Å²) in [6.45, 7) is 1.76. The molecular weight excluding hydrogens is 226 g/mol. The van der Waals surface area contributed by atoms with E-state index in [1.165, 1.54) is 24.3 Å². The fourth-order valence-electron chi connectivity index (χ4n) is 0.839. The van der Waals surface area contributed by atoms with Crippen molar-refractivity contribution in [3.8, 4) is 0 Å². The predicted octanol–water partition coefficient (Wildman–Crippen LogP) is -0.0278. The van der Waals surface area contributed by atoms with Gasteiger partial charge < -0.3 is 0 Å². The van der Waals surface area contributed by atoms with Gasteiger partial charge in [-0.05, 0) is 19.1 Å². The molecule has 0 spiro atoms. The highest BCUT2D eigenvalue weighted by Gasteiger charge is 2.27. The Morgan fingerprint density at radius 3 is 1.79 bits per heavy atom. The van der Waals surface area contributed by atoms with Gasteiger partial charge in [0.1, 0.15) is 0 Å². The SMILES string of the molecule is Cc1ccc(S(=O)(=O)S(N)(=O)=O)cc1. The summed E-state index contributed by atoms with van der Waals surface area (Å²) in [5, 5.41) is 4.57. The van der Waals surface area contributed by atoms with Crippen molar-refractivity contribution in [2.45, 2.75) is 11.8 Å². The van der Waals surface area contributed by atoms with Crippen molar-refractivity contribution < 1.29 is 16.8 Å². The zero-order valence-electron chi connectivity index (χ0n) is 7.34. The molecule has 0 aliphatic rings. The van der Waals surface area contributed by atoms with Gasteiger partial charge in [0.2, 0.25) is 0 Å². The zero-order chi connectivity index (χ0) is 11.0. The second-order valence-corrected chi connectivity index (χ2v) is 7.84. The molecule has 0 radical (unpaired) electrons. The Kier molecular flexibility index (Phi) is 2.66. The average molecular weight is 235 g/mol. The van der Waals surface area contributed by atoms with Gasteiger partial charge in [-0.1, -0.05) is 17.7 Å². The highest BCUT2D eigenvalue weighted by Crippen LogP contribution is 2.14. The molecule has 0 saturated carbocycles. The van der Waals surface area contributed by atoms with Crippen LogP contribution in [0.2, 0.25) is 0 Å². The fourth-order valence-corrected chi connectivity index (χ4v) is 2.71. The molecule has 0 fully saturated rings. The fraction of sp³-hybridized carbons (Fsp3) is 0.143. The molecular formula is C7H9NO4S2. The smallest absolute Gasteiger partial charge is 0.215 e. The zero-order valence-corrected chi connectivity index (χ0v) is 8.97. The number of nitrogens with two attached hydrogens (primary N) is 1. The molecule has 0 aliphatic heterocycles. The lowest BCUT2D eigenvalue weighted by atomic mass is 10.2. The summed E-state index contributed by atoms with van der Waals surface area (Å²) < 4.78 is 44.0. The van der Waals surface area contributed by atoms with Crippen molar-refractivity contribution in [1.82, 2.24) is 0 Å². The Hall–Kier alpha value is -0.920. The molecule has 0 heterocycles. The molecule has 0 unspecified atom stereocenters. The van der Waals surface area contributed by atoms with Gasteiger partial charge in [0, 0.05) is 0 Å². The van der Waals surface area contributed by atoms with Crippen LogP contribution in [0.1, 0.15) is 5.56 Å². The Morgan fingerprint density at radius 1 is 1.00 bits per heavy atom. The molecule has 1 rings (SSSR count). The molecule has 14 heavy (non-hydrogen) atoms. The van der Waals surface area contributed by atoms with Crippen LogP contribution in [-0.2, 0) is 17.9 Å². The monoisotopic (exact) mass is 235 g/mol. The molecule has 1 aromatic rings. The van der Waals surface area contributed by atoms with Crippen molar-refractivity contribution >= 4 is 17.9 Å². The van der Waals surface area contributed by atoms with Gasteiger partial charge in [-0.3, -0.25) is 0 Å². The van der Waals surface area contributed by atoms with Gasteiger partial charge in [0.05, 0.1) is 4.90 Å². The van der Waals surface area contributed by atoms with Crippen LogP contribution in [-0.4, -0.2) is 16.8 Å². The second kappa shape index (κ2) is 3.34. The van der Waals surface area contributed by atoms with E-state index in [4.69, 9.17) is 0 Å². The molecule has 0 bridgehead atoms. The minimum Gasteiger partial charge on any atom is -0.215 e. The van der Waals surface area contributed by atoms with Gasteiger partial charge in [-0.2, -0.15) is 8.42 Å². The number of aryl methyl sites for hydroxylation is 1. The van der Waals surface area contributed by atoms with E-state index in [0.29, 0.717) is 0 Å². The lowest BCUT2D eigenvalue weighted by Crippen LogP contribution is -2.23. The van der Waals surface area contributed by atoms with Crippen molar-refractivity contribution in [2.24, 2.45) is 5.14 Å². The van der Waals surface area contributed by atoms with Crippen molar-refractivity contribution in [3.63, 3.8) is 0 Å². The van der Waals surface area contributed by atoms with Crippen LogP contribution in [0.5, 0.6) is 0 Å². The first-order valence-electron chi connectivity index (χ1n) is 3.59. The third kappa shape index (κ3) is 1.94. The van der Waals surface area contributed by atoms with Crippen molar-refractivity contribution in [2.75, 3.05) is 0 Å². The average Bonchev–Trinajstić information content (AvgIpc) is 2.03. The van der Waals surface area contributed by atoms with Gasteiger partial charge >= 0.3 is 9.06 Å². The van der Waals surface area contributed by atoms with E-state index in [2.05, 4.69) is 5.14 Å². The molecule has 1 aromatic carbocycles. The predicted molar refractivity (Wildman–Crippen MR) is 51.5 cm³/mol. The van der Waals surface area contributed by atoms with E-state index >= 15 is 0 Å². The number of rotatable bonds is 2. The lowest BCUT2D eigenvalue weighted by Gasteiger charge is -2.01. The Labute approximate surface area is 81.9 Å². The highest BCUT2D eigenvalue weighted by molar-refractivity contribution is 8.66. The molecule has 5 nitrogen and oxygen atoms in total. The molecule has 0 amide bonds. The van der Waals surface area contributed by atoms with E-state index in [0.717, 1.165) is 5.56 Å². The van der Waals surface area contributed by atoms with Crippen LogP contribution >= 0.6 is 0 Å². The summed E-state index contributed by atoms with van der Waals surface area (Å²) in [5.41, 5.74) is 0.832. The summed E-state index contributed by atoms with van der Waals surface area (Å²) in [6, 6.07) is 5.40. The number of benzene rings is 1. The third-order valence-corrected chi connectivity index (χ3v) is 5.49. The normalized spacial score (nSPS) is 12.7. The molecule has 78 valence electrons. The Bertz CT molecular complexity index is 528. The first kappa shape index (κ1) is 11.2. The minimum atomic E-state index is -4.60. The quantitative estimate of drug-likeness (QED) is 0.728. The lowest BCUT2D eigenvalue weighted by molar-refractivity contribution is 0.583. The Morgan fingerprint density at radius 2 is 1.43 bits per heavy atom. The Balaban J connectivity index is 3.40. The summed E-state index contributed by atoms with van der Waals surface area (Å²) in [5.74, 6) is 0. The maximum atomic E-state index is 11.3. The second-order valence-electron chi connectivity index (χ2n) is 2.76. The number of hydrogen-bond donors (Lipinski definition) is 1. The van der Waals surface area contributed by atoms with E-state index in [-0.39, 0.29) is 4.90 Å². The van der Waals surface area contributed by atoms with Gasteiger partial charge in [0.15, 0.2) is 0 Å². The van der Waals surface area contributed by atoms with Crippen LogP contribution < -0.4 is 5.14 Å². The van der Waals surface area contributed by atoms with Gasteiger partial charge in [-0.25, -0.2) is 13.6 Å².